The van der Waals surface area contributed by atoms with Crippen LogP contribution in [0, 0.1) is 20.0 Å². The fraction of sp³-hybridized carbons (Fsp3) is 0.357. The van der Waals surface area contributed by atoms with E-state index < -0.39 is 17.6 Å². The maximum Gasteiger partial charge on any atom is 0 e. The smallest absolute Gasteiger partial charge is 0 e. The van der Waals surface area contributed by atoms with Crippen molar-refractivity contribution in [1.82, 2.24) is 4.90 Å². The van der Waals surface area contributed by atoms with Gasteiger partial charge in [-0.15, -0.1) is 0 Å². The summed E-state index contributed by atoms with van der Waals surface area (Å²) in [5.41, 5.74) is -0.629. The molecular formula is C14H14NO3WY-3. The summed E-state index contributed by atoms with van der Waals surface area (Å²) >= 11 is 1.31. The van der Waals surface area contributed by atoms with E-state index in [4.69, 9.17) is 4.74 Å². The van der Waals surface area contributed by atoms with E-state index in [1.54, 1.807) is 6.08 Å². The van der Waals surface area contributed by atoms with Crippen LogP contribution >= 0.6 is 0 Å². The standard InChI is InChI=1S/C14H14NO3.W.Y/c1-4-7-11-8-5-6-9-14(11)13(17)15(3)10(2)12(16)18-14;;/h1,4,7,10H,2-3,5-6,9H2;;/q-3;;/b7-4-;;. The number of nitrogens with zero attached hydrogens (tertiary/aromatic N) is 1. The van der Waals surface area contributed by atoms with Gasteiger partial charge < -0.3 is 0 Å². The average Bonchev–Trinajstić information content (AvgIpc) is 2.42. The molecule has 0 saturated carbocycles. The fourth-order valence-electron chi connectivity index (χ4n) is 2.28. The molecule has 2 aliphatic rings. The van der Waals surface area contributed by atoms with Crippen molar-refractivity contribution in [2.75, 3.05) is 0 Å². The number of allylic oxidation sites excluding steroid dienone is 2. The monoisotopic (exact) mass is 517 g/mol. The molecule has 0 aromatic rings. The quantitative estimate of drug-likeness (QED) is 0.405. The minimum atomic E-state index is -1.25. The Labute approximate surface area is 155 Å². The molecule has 1 saturated heterocycles. The molecule has 1 aliphatic heterocycles. The number of hydrogen-bond acceptors (Lipinski definition) is 3. The van der Waals surface area contributed by atoms with Crippen molar-refractivity contribution >= 4 is 16.3 Å². The second-order valence-electron chi connectivity index (χ2n) is 4.48. The van der Waals surface area contributed by atoms with Crippen molar-refractivity contribution in [3.05, 3.63) is 37.8 Å². The number of morpholine rings is 1. The van der Waals surface area contributed by atoms with E-state index in [0.717, 1.165) is 17.7 Å². The van der Waals surface area contributed by atoms with Gasteiger partial charge in [-0.1, -0.05) is 0 Å². The third-order valence-electron chi connectivity index (χ3n) is 3.33. The summed E-state index contributed by atoms with van der Waals surface area (Å²) in [6.45, 7) is 3.59. The Morgan fingerprint density at radius 3 is 2.85 bits per heavy atom. The zero-order valence-corrected chi connectivity index (χ0v) is 16.8. The molecule has 20 heavy (non-hydrogen) atoms. The first-order valence-electron chi connectivity index (χ1n) is 5.96. The molecule has 1 amide bonds. The van der Waals surface area contributed by atoms with Gasteiger partial charge in [-0.05, 0) is 0 Å². The summed E-state index contributed by atoms with van der Waals surface area (Å²) in [6, 6.07) is -0.882. The second-order valence-corrected chi connectivity index (χ2v) is 5.46. The van der Waals surface area contributed by atoms with Crippen LogP contribution in [0.2, 0.25) is 0 Å². The van der Waals surface area contributed by atoms with Gasteiger partial charge in [0, 0.05) is 32.7 Å². The van der Waals surface area contributed by atoms with Gasteiger partial charge in [-0.3, -0.25) is 0 Å². The summed E-state index contributed by atoms with van der Waals surface area (Å²) in [6.07, 6.45) is 8.76. The van der Waals surface area contributed by atoms with E-state index in [1.165, 1.54) is 19.4 Å². The Bertz CT molecular complexity index is 489. The Hall–Kier alpha value is 0.0822. The normalized spacial score (nSPS) is 30.0. The number of hydrogen-bond donors (Lipinski definition) is 0. The van der Waals surface area contributed by atoms with Gasteiger partial charge in [0.25, 0.3) is 0 Å². The molecule has 2 unspecified atom stereocenters. The van der Waals surface area contributed by atoms with Crippen LogP contribution < -0.4 is 0 Å². The Balaban J connectivity index is 0.00000200. The fourth-order valence-corrected chi connectivity index (χ4v) is 2.56. The zero-order valence-electron chi connectivity index (χ0n) is 11.0. The van der Waals surface area contributed by atoms with E-state index >= 15 is 0 Å². The number of carbonyl (C=O) groups excluding carboxylic acids is 2. The third kappa shape index (κ3) is 3.13. The first-order valence-corrected chi connectivity index (χ1v) is 7.65. The van der Waals surface area contributed by atoms with E-state index in [1.807, 2.05) is 10.5 Å². The minimum Gasteiger partial charge on any atom is 0 e. The van der Waals surface area contributed by atoms with Crippen molar-refractivity contribution in [3.8, 4) is 0 Å². The predicted molar refractivity (Wildman–Crippen MR) is 66.0 cm³/mol. The summed E-state index contributed by atoms with van der Waals surface area (Å²) in [5.74, 6) is -0.835. The molecule has 1 radical (unpaired) electrons. The molecule has 6 heteroatoms. The predicted octanol–water partition coefficient (Wildman–Crippen LogP) is 0.921. The first-order chi connectivity index (χ1) is 9.03. The van der Waals surface area contributed by atoms with E-state index in [2.05, 4.69) is 20.0 Å². The van der Waals surface area contributed by atoms with Crippen LogP contribution in [0.15, 0.2) is 17.7 Å². The molecule has 0 bridgehead atoms. The molecule has 1 aliphatic carbocycles. The van der Waals surface area contributed by atoms with Gasteiger partial charge in [-0.2, -0.15) is 0 Å². The van der Waals surface area contributed by atoms with Crippen molar-refractivity contribution in [3.63, 3.8) is 0 Å². The van der Waals surface area contributed by atoms with Crippen molar-refractivity contribution in [2.24, 2.45) is 0 Å². The summed E-state index contributed by atoms with van der Waals surface area (Å²) < 4.78 is 7.36. The van der Waals surface area contributed by atoms with Crippen molar-refractivity contribution in [2.45, 2.75) is 30.9 Å². The number of ether oxygens (including phenoxy) is 1. The maximum absolute atomic E-state index is 12.5. The Kier molecular flexibility index (Phi) is 6.69. The Morgan fingerprint density at radius 1 is 1.50 bits per heavy atom. The molecule has 1 fully saturated rings. The second kappa shape index (κ2) is 7.38. The maximum atomic E-state index is 12.5. The molecular weight excluding hydrogens is 503 g/mol. The summed E-state index contributed by atoms with van der Waals surface area (Å²) in [5, 5.41) is 0. The van der Waals surface area contributed by atoms with Crippen molar-refractivity contribution in [1.29, 1.82) is 0 Å². The first kappa shape index (κ1) is 18.1. The number of rotatable bonds is 2. The largest absolute Gasteiger partial charge is 0 e. The van der Waals surface area contributed by atoms with Crippen LogP contribution in [0.4, 0.5) is 0 Å². The summed E-state index contributed by atoms with van der Waals surface area (Å²) in [7, 11) is 3.63. The molecule has 105 valence electrons. The van der Waals surface area contributed by atoms with Crippen molar-refractivity contribution < 1.29 is 66.4 Å². The molecule has 2 atom stereocenters. The molecule has 0 aromatic heterocycles. The molecule has 2 rings (SSSR count). The van der Waals surface area contributed by atoms with Gasteiger partial charge in [0.1, 0.15) is 0 Å². The molecule has 1 heterocycles. The average molecular weight is 517 g/mol. The number of carbonyl (C=O) groups is 2. The third-order valence-corrected chi connectivity index (χ3v) is 3.89. The van der Waals surface area contributed by atoms with Gasteiger partial charge in [0.05, 0.1) is 0 Å². The van der Waals surface area contributed by atoms with Gasteiger partial charge in [0.15, 0.2) is 0 Å². The molecule has 0 aromatic carbocycles. The summed E-state index contributed by atoms with van der Waals surface area (Å²) in [4.78, 5) is 25.5. The van der Waals surface area contributed by atoms with Gasteiger partial charge >= 0.3 is 124 Å². The van der Waals surface area contributed by atoms with Crippen LogP contribution in [0.1, 0.15) is 19.3 Å². The van der Waals surface area contributed by atoms with Crippen LogP contribution in [0.3, 0.4) is 0 Å². The topological polar surface area (TPSA) is 46.6 Å². The van der Waals surface area contributed by atoms with Crippen LogP contribution in [-0.4, -0.2) is 32.8 Å². The molecule has 4 nitrogen and oxygen atoms in total. The van der Waals surface area contributed by atoms with Crippen LogP contribution in [0.5, 0.6) is 0 Å². The van der Waals surface area contributed by atoms with Crippen LogP contribution in [0.25, 0.3) is 0 Å². The minimum absolute atomic E-state index is 0. The van der Waals surface area contributed by atoms with E-state index in [-0.39, 0.29) is 38.6 Å². The number of amides is 1. The van der Waals surface area contributed by atoms with Crippen LogP contribution in [-0.2, 0) is 66.4 Å². The van der Waals surface area contributed by atoms with Gasteiger partial charge in [0.2, 0.25) is 0 Å². The van der Waals surface area contributed by atoms with E-state index in [0.29, 0.717) is 12.0 Å². The number of esters is 1. The van der Waals surface area contributed by atoms with Gasteiger partial charge in [-0.25, -0.2) is 0 Å². The Morgan fingerprint density at radius 2 is 2.20 bits per heavy atom. The SMILES string of the molecule is [CH2-]C1C(=O)OC2(CCC[C-]=C2/C=C\[CH]=[W])C(=O)N1[CH2-].[Y]. The zero-order chi connectivity index (χ0) is 14.0. The van der Waals surface area contributed by atoms with E-state index in [9.17, 15) is 9.59 Å². The molecule has 1 spiro atoms. The molecule has 0 N–H and O–H groups in total.